The molecule has 0 bridgehead atoms. The van der Waals surface area contributed by atoms with Crippen LogP contribution in [-0.2, 0) is 11.2 Å². The average molecular weight is 154 g/mol. The van der Waals surface area contributed by atoms with Gasteiger partial charge in [-0.05, 0) is 12.8 Å². The first kappa shape index (κ1) is 6.79. The molecule has 60 valence electrons. The third kappa shape index (κ3) is 1.57. The van der Waals surface area contributed by atoms with E-state index in [0.717, 1.165) is 25.9 Å². The number of rotatable bonds is 2. The van der Waals surface area contributed by atoms with Crippen molar-refractivity contribution in [1.29, 1.82) is 0 Å². The zero-order valence-electron chi connectivity index (χ0n) is 6.19. The standard InChI is InChI=1S/C7H10N2O2/c1-2-6(10-3-1)4-7-8-5-9-11-7/h5-6H,1-4H2. The van der Waals surface area contributed by atoms with Gasteiger partial charge in [-0.3, -0.25) is 0 Å². The van der Waals surface area contributed by atoms with Gasteiger partial charge in [-0.2, -0.15) is 4.98 Å². The van der Waals surface area contributed by atoms with Crippen LogP contribution >= 0.6 is 0 Å². The normalized spacial score (nSPS) is 24.2. The Morgan fingerprint density at radius 2 is 2.64 bits per heavy atom. The van der Waals surface area contributed by atoms with E-state index in [1.807, 2.05) is 0 Å². The molecule has 4 nitrogen and oxygen atoms in total. The maximum atomic E-state index is 5.40. The third-order valence-corrected chi connectivity index (χ3v) is 1.83. The van der Waals surface area contributed by atoms with Crippen LogP contribution in [0.15, 0.2) is 10.9 Å². The predicted octanol–water partition coefficient (Wildman–Crippen LogP) is 0.791. The van der Waals surface area contributed by atoms with E-state index in [1.165, 1.54) is 6.33 Å². The molecule has 0 aliphatic carbocycles. The van der Waals surface area contributed by atoms with Gasteiger partial charge in [0.25, 0.3) is 0 Å². The molecule has 2 heterocycles. The van der Waals surface area contributed by atoms with Crippen LogP contribution in [-0.4, -0.2) is 22.9 Å². The molecule has 1 aromatic heterocycles. The summed E-state index contributed by atoms with van der Waals surface area (Å²) in [4.78, 5) is 3.92. The molecule has 11 heavy (non-hydrogen) atoms. The number of aromatic nitrogens is 2. The molecule has 0 saturated carbocycles. The summed E-state index contributed by atoms with van der Waals surface area (Å²) in [6, 6.07) is 0. The first-order valence-corrected chi connectivity index (χ1v) is 3.82. The van der Waals surface area contributed by atoms with Crippen molar-refractivity contribution in [2.45, 2.75) is 25.4 Å². The summed E-state index contributed by atoms with van der Waals surface area (Å²) in [5, 5.41) is 3.52. The molecule has 0 spiro atoms. The van der Waals surface area contributed by atoms with Crippen LogP contribution in [0.5, 0.6) is 0 Å². The Labute approximate surface area is 64.5 Å². The van der Waals surface area contributed by atoms with Crippen molar-refractivity contribution in [3.63, 3.8) is 0 Å². The smallest absolute Gasteiger partial charge is 0.228 e. The Bertz CT molecular complexity index is 204. The highest BCUT2D eigenvalue weighted by Gasteiger charge is 2.17. The van der Waals surface area contributed by atoms with E-state index in [1.54, 1.807) is 0 Å². The van der Waals surface area contributed by atoms with Gasteiger partial charge in [0, 0.05) is 6.61 Å². The van der Waals surface area contributed by atoms with Gasteiger partial charge in [0.15, 0.2) is 6.33 Å². The molecular formula is C7H10N2O2. The van der Waals surface area contributed by atoms with Crippen LogP contribution in [0, 0.1) is 0 Å². The second-order valence-electron chi connectivity index (χ2n) is 2.67. The Hall–Kier alpha value is -0.900. The minimum absolute atomic E-state index is 0.301. The van der Waals surface area contributed by atoms with E-state index in [0.29, 0.717) is 12.0 Å². The van der Waals surface area contributed by atoms with Crippen LogP contribution < -0.4 is 0 Å². The van der Waals surface area contributed by atoms with Crippen molar-refractivity contribution in [2.24, 2.45) is 0 Å². The third-order valence-electron chi connectivity index (χ3n) is 1.83. The zero-order chi connectivity index (χ0) is 7.52. The van der Waals surface area contributed by atoms with Gasteiger partial charge in [-0.25, -0.2) is 0 Å². The molecule has 1 aliphatic rings. The Balaban J connectivity index is 1.90. The van der Waals surface area contributed by atoms with Gasteiger partial charge in [0.1, 0.15) is 0 Å². The van der Waals surface area contributed by atoms with Crippen LogP contribution in [0.2, 0.25) is 0 Å². The molecule has 0 N–H and O–H groups in total. The molecule has 1 aromatic rings. The van der Waals surface area contributed by atoms with Crippen molar-refractivity contribution in [3.8, 4) is 0 Å². The van der Waals surface area contributed by atoms with E-state index >= 15 is 0 Å². The van der Waals surface area contributed by atoms with Crippen LogP contribution in [0.1, 0.15) is 18.7 Å². The summed E-state index contributed by atoms with van der Waals surface area (Å²) in [6.07, 6.45) is 4.75. The minimum atomic E-state index is 0.301. The Morgan fingerprint density at radius 1 is 1.64 bits per heavy atom. The fraction of sp³-hybridized carbons (Fsp3) is 0.714. The van der Waals surface area contributed by atoms with Crippen molar-refractivity contribution in [3.05, 3.63) is 12.2 Å². The highest BCUT2D eigenvalue weighted by atomic mass is 16.5. The minimum Gasteiger partial charge on any atom is -0.378 e. The second-order valence-corrected chi connectivity index (χ2v) is 2.67. The van der Waals surface area contributed by atoms with Crippen molar-refractivity contribution < 1.29 is 9.26 Å². The predicted molar refractivity (Wildman–Crippen MR) is 37.0 cm³/mol. The maximum Gasteiger partial charge on any atom is 0.228 e. The Kier molecular flexibility index (Phi) is 1.85. The molecule has 1 saturated heterocycles. The SMILES string of the molecule is c1noc(CC2CCCO2)n1. The first-order valence-electron chi connectivity index (χ1n) is 3.82. The molecule has 1 fully saturated rings. The fourth-order valence-electron chi connectivity index (χ4n) is 1.29. The summed E-state index contributed by atoms with van der Waals surface area (Å²) < 4.78 is 10.3. The molecule has 0 amide bonds. The lowest BCUT2D eigenvalue weighted by atomic mass is 10.2. The van der Waals surface area contributed by atoms with Gasteiger partial charge in [-0.15, -0.1) is 0 Å². The molecule has 1 unspecified atom stereocenters. The number of ether oxygens (including phenoxy) is 1. The van der Waals surface area contributed by atoms with Crippen molar-refractivity contribution >= 4 is 0 Å². The summed E-state index contributed by atoms with van der Waals surface area (Å²) in [5.41, 5.74) is 0. The van der Waals surface area contributed by atoms with Crippen LogP contribution in [0.4, 0.5) is 0 Å². The summed E-state index contributed by atoms with van der Waals surface area (Å²) in [7, 11) is 0. The van der Waals surface area contributed by atoms with E-state index in [9.17, 15) is 0 Å². The lowest BCUT2D eigenvalue weighted by Gasteiger charge is -2.03. The molecular weight excluding hydrogens is 144 g/mol. The molecule has 2 rings (SSSR count). The quantitative estimate of drug-likeness (QED) is 0.632. The summed E-state index contributed by atoms with van der Waals surface area (Å²) >= 11 is 0. The molecule has 0 radical (unpaired) electrons. The number of hydrogen-bond acceptors (Lipinski definition) is 4. The number of hydrogen-bond donors (Lipinski definition) is 0. The van der Waals surface area contributed by atoms with Gasteiger partial charge in [-0.1, -0.05) is 5.16 Å². The summed E-state index contributed by atoms with van der Waals surface area (Å²) in [5.74, 6) is 0.678. The zero-order valence-corrected chi connectivity index (χ0v) is 6.19. The number of nitrogens with zero attached hydrogens (tertiary/aromatic N) is 2. The highest BCUT2D eigenvalue weighted by Crippen LogP contribution is 2.15. The topological polar surface area (TPSA) is 48.2 Å². The van der Waals surface area contributed by atoms with Gasteiger partial charge < -0.3 is 9.26 Å². The summed E-state index contributed by atoms with van der Waals surface area (Å²) in [6.45, 7) is 0.874. The molecule has 1 aliphatic heterocycles. The Morgan fingerprint density at radius 3 is 3.27 bits per heavy atom. The van der Waals surface area contributed by atoms with Gasteiger partial charge in [0.05, 0.1) is 12.5 Å². The van der Waals surface area contributed by atoms with Crippen LogP contribution in [0.25, 0.3) is 0 Å². The van der Waals surface area contributed by atoms with Crippen LogP contribution in [0.3, 0.4) is 0 Å². The fourth-order valence-corrected chi connectivity index (χ4v) is 1.29. The highest BCUT2D eigenvalue weighted by molar-refractivity contribution is 4.81. The van der Waals surface area contributed by atoms with E-state index in [4.69, 9.17) is 9.26 Å². The van der Waals surface area contributed by atoms with Gasteiger partial charge >= 0.3 is 0 Å². The van der Waals surface area contributed by atoms with E-state index in [-0.39, 0.29) is 0 Å². The van der Waals surface area contributed by atoms with E-state index in [2.05, 4.69) is 10.1 Å². The molecule has 4 heteroatoms. The van der Waals surface area contributed by atoms with E-state index < -0.39 is 0 Å². The average Bonchev–Trinajstić information content (AvgIpc) is 2.60. The lowest BCUT2D eigenvalue weighted by molar-refractivity contribution is 0.104. The largest absolute Gasteiger partial charge is 0.378 e. The van der Waals surface area contributed by atoms with Crippen molar-refractivity contribution in [1.82, 2.24) is 10.1 Å². The lowest BCUT2D eigenvalue weighted by Crippen LogP contribution is -2.08. The second kappa shape index (κ2) is 3.00. The monoisotopic (exact) mass is 154 g/mol. The molecule has 0 aromatic carbocycles. The van der Waals surface area contributed by atoms with Gasteiger partial charge in [0.2, 0.25) is 5.89 Å². The van der Waals surface area contributed by atoms with Crippen molar-refractivity contribution in [2.75, 3.05) is 6.61 Å². The maximum absolute atomic E-state index is 5.40. The molecule has 1 atom stereocenters. The first-order chi connectivity index (χ1) is 5.45.